The van der Waals surface area contributed by atoms with Gasteiger partial charge in [-0.25, -0.2) is 4.79 Å². The van der Waals surface area contributed by atoms with Crippen LogP contribution in [0, 0.1) is 5.92 Å². The molecule has 142 valence electrons. The molecule has 0 atom stereocenters. The highest BCUT2D eigenvalue weighted by Crippen LogP contribution is 2.29. The first-order valence-corrected chi connectivity index (χ1v) is 9.96. The number of halogens is 1. The standard InChI is InChI=1S/C19H25BrN2O4/c20-17-2-1-3-18(16(17)12-23)21-10-6-15(7-11-21)26-13-14-4-8-22(9-5-14)19(24)25/h1-3,12,14-15H,4-11,13H2,(H,24,25). The minimum Gasteiger partial charge on any atom is -0.465 e. The normalized spacial score (nSPS) is 19.6. The van der Waals surface area contributed by atoms with Crippen LogP contribution in [0.2, 0.25) is 0 Å². The summed E-state index contributed by atoms with van der Waals surface area (Å²) in [5.41, 5.74) is 1.69. The molecule has 3 rings (SSSR count). The van der Waals surface area contributed by atoms with Gasteiger partial charge in [0, 0.05) is 42.9 Å². The average molecular weight is 425 g/mol. The molecule has 2 saturated heterocycles. The summed E-state index contributed by atoms with van der Waals surface area (Å²) in [6.07, 6.45) is 3.98. The molecule has 1 N–H and O–H groups in total. The monoisotopic (exact) mass is 424 g/mol. The molecule has 1 aromatic carbocycles. The number of rotatable bonds is 5. The van der Waals surface area contributed by atoms with Crippen molar-refractivity contribution in [3.63, 3.8) is 0 Å². The van der Waals surface area contributed by atoms with Gasteiger partial charge in [-0.2, -0.15) is 0 Å². The number of ether oxygens (including phenoxy) is 1. The van der Waals surface area contributed by atoms with Gasteiger partial charge in [-0.05, 0) is 59.7 Å². The summed E-state index contributed by atoms with van der Waals surface area (Å²) in [5, 5.41) is 9.00. The Bertz CT molecular complexity index is 638. The first-order valence-electron chi connectivity index (χ1n) is 9.16. The Hall–Kier alpha value is -1.60. The predicted octanol–water partition coefficient (Wildman–Crippen LogP) is 3.64. The van der Waals surface area contributed by atoms with Crippen LogP contribution in [0.5, 0.6) is 0 Å². The van der Waals surface area contributed by atoms with Crippen molar-refractivity contribution in [1.82, 2.24) is 4.90 Å². The zero-order valence-electron chi connectivity index (χ0n) is 14.8. The van der Waals surface area contributed by atoms with E-state index in [0.29, 0.717) is 31.2 Å². The summed E-state index contributed by atoms with van der Waals surface area (Å²) in [6, 6.07) is 5.84. The molecular formula is C19H25BrN2O4. The topological polar surface area (TPSA) is 70.1 Å². The van der Waals surface area contributed by atoms with Crippen LogP contribution in [0.25, 0.3) is 0 Å². The molecule has 26 heavy (non-hydrogen) atoms. The van der Waals surface area contributed by atoms with Gasteiger partial charge in [-0.3, -0.25) is 4.79 Å². The Morgan fingerprint density at radius 3 is 2.50 bits per heavy atom. The Morgan fingerprint density at radius 1 is 1.19 bits per heavy atom. The molecule has 0 aromatic heterocycles. The minimum absolute atomic E-state index is 0.246. The quantitative estimate of drug-likeness (QED) is 0.730. The lowest BCUT2D eigenvalue weighted by atomic mass is 9.98. The number of likely N-dealkylation sites (tertiary alicyclic amines) is 1. The van der Waals surface area contributed by atoms with E-state index >= 15 is 0 Å². The maximum atomic E-state index is 11.4. The van der Waals surface area contributed by atoms with Gasteiger partial charge >= 0.3 is 6.09 Å². The molecule has 0 saturated carbocycles. The minimum atomic E-state index is -0.820. The second-order valence-electron chi connectivity index (χ2n) is 7.02. The number of hydrogen-bond donors (Lipinski definition) is 1. The molecule has 0 bridgehead atoms. The van der Waals surface area contributed by atoms with Gasteiger partial charge in [0.25, 0.3) is 0 Å². The fourth-order valence-electron chi connectivity index (χ4n) is 3.74. The third-order valence-corrected chi connectivity index (χ3v) is 6.07. The molecule has 0 unspecified atom stereocenters. The Morgan fingerprint density at radius 2 is 1.88 bits per heavy atom. The van der Waals surface area contributed by atoms with Crippen LogP contribution in [0.3, 0.4) is 0 Å². The molecule has 6 nitrogen and oxygen atoms in total. The van der Waals surface area contributed by atoms with E-state index in [1.807, 2.05) is 18.2 Å². The van der Waals surface area contributed by atoms with Crippen LogP contribution < -0.4 is 4.90 Å². The molecule has 0 aliphatic carbocycles. The third-order valence-electron chi connectivity index (χ3n) is 5.38. The third kappa shape index (κ3) is 4.57. The van der Waals surface area contributed by atoms with Crippen molar-refractivity contribution in [2.75, 3.05) is 37.7 Å². The Balaban J connectivity index is 1.44. The number of benzene rings is 1. The highest BCUT2D eigenvalue weighted by molar-refractivity contribution is 9.10. The molecular weight excluding hydrogens is 400 g/mol. The first kappa shape index (κ1) is 19.2. The number of hydrogen-bond acceptors (Lipinski definition) is 4. The molecule has 0 spiro atoms. The molecule has 7 heteroatoms. The number of amides is 1. The number of aldehydes is 1. The summed E-state index contributed by atoms with van der Waals surface area (Å²) < 4.78 is 6.94. The van der Waals surface area contributed by atoms with Gasteiger partial charge < -0.3 is 19.6 Å². The SMILES string of the molecule is O=Cc1c(Br)cccc1N1CCC(OCC2CCN(C(=O)O)CC2)CC1. The van der Waals surface area contributed by atoms with Gasteiger partial charge in [-0.1, -0.05) is 6.07 Å². The van der Waals surface area contributed by atoms with E-state index < -0.39 is 6.09 Å². The summed E-state index contributed by atoms with van der Waals surface area (Å²) in [7, 11) is 0. The van der Waals surface area contributed by atoms with Crippen molar-refractivity contribution in [2.45, 2.75) is 31.8 Å². The van der Waals surface area contributed by atoms with E-state index in [2.05, 4.69) is 20.8 Å². The van der Waals surface area contributed by atoms with E-state index in [-0.39, 0.29) is 6.10 Å². The molecule has 1 aromatic rings. The smallest absolute Gasteiger partial charge is 0.407 e. The zero-order chi connectivity index (χ0) is 18.5. The summed E-state index contributed by atoms with van der Waals surface area (Å²) in [4.78, 5) is 26.1. The van der Waals surface area contributed by atoms with E-state index in [0.717, 1.165) is 55.2 Å². The van der Waals surface area contributed by atoms with Crippen molar-refractivity contribution in [3.8, 4) is 0 Å². The lowest BCUT2D eigenvalue weighted by Gasteiger charge is -2.36. The van der Waals surface area contributed by atoms with Gasteiger partial charge in [0.05, 0.1) is 11.7 Å². The van der Waals surface area contributed by atoms with Gasteiger partial charge in [0.1, 0.15) is 0 Å². The van der Waals surface area contributed by atoms with E-state index in [1.165, 1.54) is 4.90 Å². The molecule has 0 radical (unpaired) electrons. The zero-order valence-corrected chi connectivity index (χ0v) is 16.4. The van der Waals surface area contributed by atoms with Crippen molar-refractivity contribution < 1.29 is 19.4 Å². The van der Waals surface area contributed by atoms with Crippen LogP contribution in [0.4, 0.5) is 10.5 Å². The highest BCUT2D eigenvalue weighted by Gasteiger charge is 2.25. The van der Waals surface area contributed by atoms with Gasteiger partial charge in [0.15, 0.2) is 6.29 Å². The number of carboxylic acid groups (broad SMARTS) is 1. The number of carbonyl (C=O) groups excluding carboxylic acids is 1. The average Bonchev–Trinajstić information content (AvgIpc) is 2.67. The van der Waals surface area contributed by atoms with E-state index in [1.54, 1.807) is 0 Å². The molecule has 2 aliphatic rings. The van der Waals surface area contributed by atoms with Crippen LogP contribution in [-0.4, -0.2) is 61.3 Å². The predicted molar refractivity (Wildman–Crippen MR) is 103 cm³/mol. The lowest BCUT2D eigenvalue weighted by molar-refractivity contribution is 0.00215. The van der Waals surface area contributed by atoms with Gasteiger partial charge in [-0.15, -0.1) is 0 Å². The largest absolute Gasteiger partial charge is 0.465 e. The first-order chi connectivity index (χ1) is 12.6. The van der Waals surface area contributed by atoms with E-state index in [4.69, 9.17) is 9.84 Å². The second kappa shape index (κ2) is 8.86. The molecule has 2 aliphatic heterocycles. The maximum Gasteiger partial charge on any atom is 0.407 e. The van der Waals surface area contributed by atoms with Crippen LogP contribution in [0.1, 0.15) is 36.0 Å². The molecule has 2 fully saturated rings. The number of anilines is 1. The van der Waals surface area contributed by atoms with Crippen LogP contribution in [0.15, 0.2) is 22.7 Å². The van der Waals surface area contributed by atoms with E-state index in [9.17, 15) is 9.59 Å². The fraction of sp³-hybridized carbons (Fsp3) is 0.579. The van der Waals surface area contributed by atoms with Crippen molar-refractivity contribution >= 4 is 34.0 Å². The molecule has 1 amide bonds. The highest BCUT2D eigenvalue weighted by atomic mass is 79.9. The number of nitrogens with zero attached hydrogens (tertiary/aromatic N) is 2. The van der Waals surface area contributed by atoms with Crippen molar-refractivity contribution in [3.05, 3.63) is 28.2 Å². The van der Waals surface area contributed by atoms with Crippen molar-refractivity contribution in [2.24, 2.45) is 5.92 Å². The Labute approximate surface area is 162 Å². The lowest BCUT2D eigenvalue weighted by Crippen LogP contribution is -2.40. The summed E-state index contributed by atoms with van der Waals surface area (Å²) in [5.74, 6) is 0.454. The van der Waals surface area contributed by atoms with Crippen LogP contribution >= 0.6 is 15.9 Å². The number of piperidine rings is 2. The van der Waals surface area contributed by atoms with Gasteiger partial charge in [0.2, 0.25) is 0 Å². The Kier molecular flexibility index (Phi) is 6.53. The summed E-state index contributed by atoms with van der Waals surface area (Å²) >= 11 is 3.45. The fourth-order valence-corrected chi connectivity index (χ4v) is 4.19. The number of carbonyl (C=O) groups is 2. The van der Waals surface area contributed by atoms with Crippen molar-refractivity contribution in [1.29, 1.82) is 0 Å². The molecule has 2 heterocycles. The second-order valence-corrected chi connectivity index (χ2v) is 7.88. The maximum absolute atomic E-state index is 11.4. The van der Waals surface area contributed by atoms with Crippen LogP contribution in [-0.2, 0) is 4.74 Å². The summed E-state index contributed by atoms with van der Waals surface area (Å²) in [6.45, 7) is 3.69.